The van der Waals surface area contributed by atoms with Crippen molar-refractivity contribution in [1.82, 2.24) is 19.9 Å². The zero-order valence-corrected chi connectivity index (χ0v) is 30.2. The average molecular weight is 705 g/mol. The van der Waals surface area contributed by atoms with Crippen molar-refractivity contribution in [3.05, 3.63) is 239 Å². The van der Waals surface area contributed by atoms with Gasteiger partial charge in [0, 0.05) is 30.7 Å². The minimum atomic E-state index is -0.549. The lowest BCUT2D eigenvalue weighted by molar-refractivity contribution is 0.766. The summed E-state index contributed by atoms with van der Waals surface area (Å²) in [5, 5.41) is 2.50. The van der Waals surface area contributed by atoms with E-state index in [0.717, 1.165) is 40.5 Å². The molecule has 0 unspecified atom stereocenters. The van der Waals surface area contributed by atoms with Crippen molar-refractivity contribution in [2.75, 3.05) is 0 Å². The lowest BCUT2D eigenvalue weighted by Gasteiger charge is -2.34. The molecule has 10 rings (SSSR count). The van der Waals surface area contributed by atoms with Crippen LogP contribution in [0.5, 0.6) is 0 Å². The molecule has 4 aromatic heterocycles. The number of benzene rings is 5. The van der Waals surface area contributed by atoms with Gasteiger partial charge in [-0.25, -0.2) is 0 Å². The van der Waals surface area contributed by atoms with Gasteiger partial charge in [0.25, 0.3) is 0 Å². The predicted molar refractivity (Wildman–Crippen MR) is 222 cm³/mol. The van der Waals surface area contributed by atoms with Crippen LogP contribution < -0.4 is 0 Å². The van der Waals surface area contributed by atoms with E-state index in [4.69, 9.17) is 9.97 Å². The highest BCUT2D eigenvalue weighted by molar-refractivity contribution is 6.05. The van der Waals surface area contributed by atoms with Gasteiger partial charge in [0.1, 0.15) is 0 Å². The number of hydrogen-bond donors (Lipinski definition) is 0. The minimum absolute atomic E-state index is 0.549. The zero-order valence-electron chi connectivity index (χ0n) is 30.2. The first-order valence-electron chi connectivity index (χ1n) is 18.8. The van der Waals surface area contributed by atoms with E-state index in [1.165, 1.54) is 55.3 Å². The molecule has 0 fully saturated rings. The molecule has 4 nitrogen and oxygen atoms in total. The normalized spacial score (nSPS) is 12.7. The van der Waals surface area contributed by atoms with Gasteiger partial charge in [-0.15, -0.1) is 0 Å². The number of pyridine rings is 4. The van der Waals surface area contributed by atoms with Crippen molar-refractivity contribution in [1.29, 1.82) is 0 Å². The molecule has 0 spiro atoms. The number of rotatable bonds is 8. The van der Waals surface area contributed by atoms with E-state index in [1.807, 2.05) is 61.1 Å². The average Bonchev–Trinajstić information content (AvgIpc) is 3.55. The Labute approximate surface area is 320 Å². The molecule has 9 aromatic rings. The minimum Gasteiger partial charge on any atom is -0.255 e. The summed E-state index contributed by atoms with van der Waals surface area (Å²) in [5.41, 5.74) is 15.3. The fourth-order valence-electron chi connectivity index (χ4n) is 8.58. The third-order valence-corrected chi connectivity index (χ3v) is 11.0. The Kier molecular flexibility index (Phi) is 8.15. The first-order valence-corrected chi connectivity index (χ1v) is 18.8. The maximum absolute atomic E-state index is 5.13. The monoisotopic (exact) mass is 704 g/mol. The predicted octanol–water partition coefficient (Wildman–Crippen LogP) is 11.3. The highest BCUT2D eigenvalue weighted by Gasteiger charge is 2.47. The second-order valence-corrected chi connectivity index (χ2v) is 14.2. The summed E-state index contributed by atoms with van der Waals surface area (Å²) in [6.45, 7) is 0. The molecule has 0 atom stereocenters. The SMILES string of the molecule is c1ccc(C2(c3ccccc3)c3cc(Cc4ccc(-c5ccccn5)nc4)ccc3-c3c2cc(Cc2cccc(-c4ccccn4)n2)c2ccccc32)cc1. The molecular formula is C51H36N4. The highest BCUT2D eigenvalue weighted by atomic mass is 14.8. The first-order chi connectivity index (χ1) is 27.3. The Morgan fingerprint density at radius 1 is 0.418 bits per heavy atom. The van der Waals surface area contributed by atoms with E-state index < -0.39 is 5.41 Å². The lowest BCUT2D eigenvalue weighted by atomic mass is 9.67. The molecule has 0 radical (unpaired) electrons. The van der Waals surface area contributed by atoms with E-state index in [2.05, 4.69) is 143 Å². The maximum atomic E-state index is 5.13. The van der Waals surface area contributed by atoms with Crippen LogP contribution in [0.2, 0.25) is 0 Å². The molecule has 4 heterocycles. The second kappa shape index (κ2) is 13.7. The van der Waals surface area contributed by atoms with Gasteiger partial charge in [0.15, 0.2) is 0 Å². The lowest BCUT2D eigenvalue weighted by Crippen LogP contribution is -2.29. The van der Waals surface area contributed by atoms with Crippen molar-refractivity contribution in [2.24, 2.45) is 0 Å². The molecule has 0 saturated heterocycles. The molecule has 0 saturated carbocycles. The summed E-state index contributed by atoms with van der Waals surface area (Å²) in [4.78, 5) is 19.0. The van der Waals surface area contributed by atoms with Crippen LogP contribution in [-0.2, 0) is 18.3 Å². The van der Waals surface area contributed by atoms with Gasteiger partial charge in [0.2, 0.25) is 0 Å². The molecule has 1 aliphatic rings. The summed E-state index contributed by atoms with van der Waals surface area (Å²) >= 11 is 0. The number of aromatic nitrogens is 4. The molecule has 0 aliphatic heterocycles. The Hall–Kier alpha value is -7.04. The molecule has 0 bridgehead atoms. The third kappa shape index (κ3) is 5.71. The summed E-state index contributed by atoms with van der Waals surface area (Å²) < 4.78 is 0. The van der Waals surface area contributed by atoms with Crippen LogP contribution in [0.3, 0.4) is 0 Å². The van der Waals surface area contributed by atoms with Crippen LogP contribution in [-0.4, -0.2) is 19.9 Å². The smallest absolute Gasteiger partial charge is 0.0889 e. The fourth-order valence-corrected chi connectivity index (χ4v) is 8.58. The summed E-state index contributed by atoms with van der Waals surface area (Å²) in [6.07, 6.45) is 7.08. The Balaban J connectivity index is 1.16. The number of fused-ring (bicyclic) bond motifs is 5. The van der Waals surface area contributed by atoms with Crippen molar-refractivity contribution in [2.45, 2.75) is 18.3 Å². The van der Waals surface area contributed by atoms with Gasteiger partial charge in [-0.05, 0) is 110 Å². The molecule has 5 aromatic carbocycles. The van der Waals surface area contributed by atoms with Crippen LogP contribution in [0.1, 0.15) is 44.6 Å². The Morgan fingerprint density at radius 3 is 1.71 bits per heavy atom. The van der Waals surface area contributed by atoms with Crippen LogP contribution in [0.4, 0.5) is 0 Å². The van der Waals surface area contributed by atoms with E-state index in [0.29, 0.717) is 6.42 Å². The van der Waals surface area contributed by atoms with E-state index in [-0.39, 0.29) is 0 Å². The van der Waals surface area contributed by atoms with Crippen molar-refractivity contribution < 1.29 is 0 Å². The maximum Gasteiger partial charge on any atom is 0.0889 e. The summed E-state index contributed by atoms with van der Waals surface area (Å²) in [6, 6.07) is 63.0. The fraction of sp³-hybridized carbons (Fsp3) is 0.0588. The molecular weight excluding hydrogens is 669 g/mol. The van der Waals surface area contributed by atoms with Gasteiger partial charge in [-0.2, -0.15) is 0 Å². The second-order valence-electron chi connectivity index (χ2n) is 14.2. The van der Waals surface area contributed by atoms with Crippen LogP contribution in [0, 0.1) is 0 Å². The van der Waals surface area contributed by atoms with Crippen LogP contribution >= 0.6 is 0 Å². The number of hydrogen-bond acceptors (Lipinski definition) is 4. The van der Waals surface area contributed by atoms with E-state index >= 15 is 0 Å². The van der Waals surface area contributed by atoms with Crippen molar-refractivity contribution in [3.8, 4) is 33.9 Å². The molecule has 0 amide bonds. The molecule has 55 heavy (non-hydrogen) atoms. The standard InChI is InChI=1S/C51H36N4/c1-3-14-38(15-4-1)51(39-16-5-2-6-17-39)44-31-35(30-36-25-27-48(54-34-36)46-21-9-11-28-52-46)24-26-43(44)50-42-20-8-7-19-41(42)37(33-45(50)51)32-40-18-13-23-49(55-40)47-22-10-12-29-53-47/h1-29,31,33-34H,30,32H2. The number of nitrogens with zero attached hydrogens (tertiary/aromatic N) is 4. The Morgan fingerprint density at radius 2 is 1.04 bits per heavy atom. The van der Waals surface area contributed by atoms with Gasteiger partial charge >= 0.3 is 0 Å². The molecule has 0 N–H and O–H groups in total. The highest BCUT2D eigenvalue weighted by Crippen LogP contribution is 2.58. The van der Waals surface area contributed by atoms with Gasteiger partial charge < -0.3 is 0 Å². The van der Waals surface area contributed by atoms with Crippen LogP contribution in [0.15, 0.2) is 195 Å². The summed E-state index contributed by atoms with van der Waals surface area (Å²) in [7, 11) is 0. The van der Waals surface area contributed by atoms with Gasteiger partial charge in [0.05, 0.1) is 28.2 Å². The molecule has 260 valence electrons. The first kappa shape index (κ1) is 32.6. The van der Waals surface area contributed by atoms with Gasteiger partial charge in [-0.1, -0.05) is 133 Å². The largest absolute Gasteiger partial charge is 0.255 e. The zero-order chi connectivity index (χ0) is 36.6. The topological polar surface area (TPSA) is 51.6 Å². The molecule has 4 heteroatoms. The quantitative estimate of drug-likeness (QED) is 0.158. The van der Waals surface area contributed by atoms with E-state index in [9.17, 15) is 0 Å². The van der Waals surface area contributed by atoms with E-state index in [1.54, 1.807) is 0 Å². The van der Waals surface area contributed by atoms with Gasteiger partial charge in [-0.3, -0.25) is 19.9 Å². The third-order valence-electron chi connectivity index (χ3n) is 11.0. The molecule has 1 aliphatic carbocycles. The summed E-state index contributed by atoms with van der Waals surface area (Å²) in [5.74, 6) is 0. The van der Waals surface area contributed by atoms with Crippen molar-refractivity contribution >= 4 is 10.8 Å². The van der Waals surface area contributed by atoms with Crippen molar-refractivity contribution in [3.63, 3.8) is 0 Å². The van der Waals surface area contributed by atoms with Crippen LogP contribution in [0.25, 0.3) is 44.7 Å². The Bertz CT molecular complexity index is 2740.